The Labute approximate surface area is 208 Å². The van der Waals surface area contributed by atoms with Crippen LogP contribution in [0.15, 0.2) is 89.6 Å². The lowest BCUT2D eigenvalue weighted by molar-refractivity contribution is 0.317. The number of fused-ring (bicyclic) bond motifs is 1. The van der Waals surface area contributed by atoms with Crippen LogP contribution >= 0.6 is 0 Å². The van der Waals surface area contributed by atoms with Gasteiger partial charge in [0.25, 0.3) is 0 Å². The van der Waals surface area contributed by atoms with Crippen molar-refractivity contribution >= 4 is 17.8 Å². The monoisotopic (exact) mass is 467 g/mol. The molecule has 3 aromatic carbocycles. The molecule has 1 heterocycles. The molecule has 0 radical (unpaired) electrons. The zero-order valence-electron chi connectivity index (χ0n) is 20.9. The summed E-state index contributed by atoms with van der Waals surface area (Å²) < 4.78 is 11.1. The van der Waals surface area contributed by atoms with Gasteiger partial charge < -0.3 is 14.4 Å². The van der Waals surface area contributed by atoms with E-state index >= 15 is 0 Å². The highest BCUT2D eigenvalue weighted by Gasteiger charge is 2.43. The molecule has 0 saturated heterocycles. The summed E-state index contributed by atoms with van der Waals surface area (Å²) in [6.45, 7) is 7.51. The van der Waals surface area contributed by atoms with E-state index in [1.165, 1.54) is 28.1 Å². The van der Waals surface area contributed by atoms with Crippen LogP contribution in [0.4, 0.5) is 5.69 Å². The third kappa shape index (κ3) is 5.14. The molecule has 5 nitrogen and oxygen atoms in total. The van der Waals surface area contributed by atoms with Crippen LogP contribution in [0.2, 0.25) is 0 Å². The topological polar surface area (TPSA) is 57.9 Å². The van der Waals surface area contributed by atoms with Crippen LogP contribution in [0.1, 0.15) is 36.1 Å². The Hall–Kier alpha value is -3.86. The van der Waals surface area contributed by atoms with Gasteiger partial charge in [0.15, 0.2) is 6.73 Å². The Balaban J connectivity index is 1.62. The number of nitrogens with one attached hydrogen (secondary N) is 1. The molecule has 1 atom stereocenters. The average Bonchev–Trinajstić information content (AvgIpc) is 3.12. The molecule has 5 heteroatoms. The highest BCUT2D eigenvalue weighted by molar-refractivity contribution is 5.91. The number of aliphatic imine (C=N–C) groups is 1. The predicted molar refractivity (Wildman–Crippen MR) is 144 cm³/mol. The lowest BCUT2D eigenvalue weighted by Gasteiger charge is -2.30. The normalized spacial score (nSPS) is 18.2. The van der Waals surface area contributed by atoms with Crippen molar-refractivity contribution in [1.29, 1.82) is 5.41 Å². The number of nitrogens with zero attached hydrogens (tertiary/aromatic N) is 2. The van der Waals surface area contributed by atoms with E-state index < -0.39 is 0 Å². The van der Waals surface area contributed by atoms with Crippen molar-refractivity contribution in [2.75, 3.05) is 25.3 Å². The van der Waals surface area contributed by atoms with Crippen molar-refractivity contribution in [3.8, 4) is 5.75 Å². The Morgan fingerprint density at radius 3 is 2.49 bits per heavy atom. The van der Waals surface area contributed by atoms with Gasteiger partial charge >= 0.3 is 0 Å². The number of allylic oxidation sites excluding steroid dienone is 2. The lowest BCUT2D eigenvalue weighted by Crippen LogP contribution is -2.30. The van der Waals surface area contributed by atoms with Gasteiger partial charge in [0.1, 0.15) is 5.75 Å². The zero-order chi connectivity index (χ0) is 24.8. The summed E-state index contributed by atoms with van der Waals surface area (Å²) in [6, 6.07) is 24.5. The largest absolute Gasteiger partial charge is 0.497 e. The number of likely N-dealkylation sites (N-methyl/N-ethyl adjacent to an activating group) is 1. The third-order valence-electron chi connectivity index (χ3n) is 6.60. The molecule has 1 unspecified atom stereocenters. The van der Waals surface area contributed by atoms with Gasteiger partial charge in [-0.2, -0.15) is 0 Å². The number of rotatable bonds is 8. The number of hydrogen-bond acceptors (Lipinski definition) is 5. The molecule has 35 heavy (non-hydrogen) atoms. The van der Waals surface area contributed by atoms with Crippen molar-refractivity contribution in [3.05, 3.63) is 107 Å². The molecular weight excluding hydrogens is 434 g/mol. The molecule has 4 rings (SSSR count). The first-order chi connectivity index (χ1) is 17.0. The number of anilines is 1. The third-order valence-corrected chi connectivity index (χ3v) is 6.60. The van der Waals surface area contributed by atoms with Gasteiger partial charge in [0.2, 0.25) is 5.90 Å². The van der Waals surface area contributed by atoms with Gasteiger partial charge in [-0.15, -0.1) is 0 Å². The molecule has 0 spiro atoms. The van der Waals surface area contributed by atoms with Crippen LogP contribution in [0.5, 0.6) is 5.75 Å². The number of aryl methyl sites for hydroxylation is 1. The summed E-state index contributed by atoms with van der Waals surface area (Å²) in [7, 11) is 1.71. The molecule has 1 N–H and O–H groups in total. The number of benzene rings is 3. The van der Waals surface area contributed by atoms with Gasteiger partial charge in [-0.25, -0.2) is 0 Å². The molecule has 0 fully saturated rings. The van der Waals surface area contributed by atoms with Crippen molar-refractivity contribution in [1.82, 2.24) is 0 Å². The first kappa shape index (κ1) is 24.3. The minimum absolute atomic E-state index is 0.0963. The predicted octanol–water partition coefficient (Wildman–Crippen LogP) is 6.30. The Morgan fingerprint density at radius 1 is 1.06 bits per heavy atom. The van der Waals surface area contributed by atoms with Crippen LogP contribution in [-0.2, 0) is 16.6 Å². The standard InChI is InChI=1S/C30H33N3O2/c1-5-33-27-16-15-25(34-4)19-26(27)30(3,20-23-13-11-22(2)12-14-23)28(33)17-18-32-21-35-29(31)24-9-7-6-8-10-24/h6-19,31H,5,20-21H2,1-4H3/b28-17-,31-29?,32-18-. The Kier molecular flexibility index (Phi) is 7.35. The Bertz CT molecular complexity index is 1230. The lowest BCUT2D eigenvalue weighted by atomic mass is 9.76. The van der Waals surface area contributed by atoms with E-state index in [2.05, 4.69) is 73.1 Å². The van der Waals surface area contributed by atoms with E-state index in [1.807, 2.05) is 36.4 Å². The summed E-state index contributed by atoms with van der Waals surface area (Å²) in [5, 5.41) is 8.09. The van der Waals surface area contributed by atoms with E-state index in [0.717, 1.165) is 24.3 Å². The van der Waals surface area contributed by atoms with Gasteiger partial charge in [-0.1, -0.05) is 48.0 Å². The fraction of sp³-hybridized carbons (Fsp3) is 0.267. The molecule has 0 bridgehead atoms. The minimum atomic E-state index is -0.251. The molecule has 1 aliphatic rings. The van der Waals surface area contributed by atoms with E-state index in [1.54, 1.807) is 13.3 Å². The molecular formula is C30H33N3O2. The van der Waals surface area contributed by atoms with Crippen LogP contribution in [-0.4, -0.2) is 32.5 Å². The summed E-state index contributed by atoms with van der Waals surface area (Å²) in [5.41, 5.74) is 6.66. The second kappa shape index (κ2) is 10.6. The summed E-state index contributed by atoms with van der Waals surface area (Å²) in [6.07, 6.45) is 4.74. The van der Waals surface area contributed by atoms with Crippen molar-refractivity contribution in [2.24, 2.45) is 4.99 Å². The van der Waals surface area contributed by atoms with Crippen LogP contribution < -0.4 is 9.64 Å². The second-order valence-corrected chi connectivity index (χ2v) is 8.97. The highest BCUT2D eigenvalue weighted by Crippen LogP contribution is 2.50. The summed E-state index contributed by atoms with van der Waals surface area (Å²) in [4.78, 5) is 6.78. The molecule has 3 aromatic rings. The Morgan fingerprint density at radius 2 is 1.80 bits per heavy atom. The minimum Gasteiger partial charge on any atom is -0.497 e. The van der Waals surface area contributed by atoms with Gasteiger partial charge in [0.05, 0.1) is 7.11 Å². The highest BCUT2D eigenvalue weighted by atomic mass is 16.5. The summed E-state index contributed by atoms with van der Waals surface area (Å²) in [5.74, 6) is 0.979. The van der Waals surface area contributed by atoms with Gasteiger partial charge in [0, 0.05) is 35.1 Å². The number of ether oxygens (including phenoxy) is 2. The maximum absolute atomic E-state index is 8.09. The SMILES string of the molecule is CCN1/C(=C\C=N/COC(=N)c2ccccc2)C(C)(Cc2ccc(C)cc2)c2cc(OC)ccc21. The first-order valence-corrected chi connectivity index (χ1v) is 11.9. The number of hydrogen-bond donors (Lipinski definition) is 1. The zero-order valence-corrected chi connectivity index (χ0v) is 20.9. The van der Waals surface area contributed by atoms with Crippen molar-refractivity contribution in [2.45, 2.75) is 32.6 Å². The molecule has 180 valence electrons. The van der Waals surface area contributed by atoms with E-state index in [9.17, 15) is 0 Å². The summed E-state index contributed by atoms with van der Waals surface area (Å²) >= 11 is 0. The quantitative estimate of drug-likeness (QED) is 0.312. The van der Waals surface area contributed by atoms with E-state index in [0.29, 0.717) is 0 Å². The van der Waals surface area contributed by atoms with Gasteiger partial charge in [-0.3, -0.25) is 10.4 Å². The maximum Gasteiger partial charge on any atom is 0.215 e. The van der Waals surface area contributed by atoms with E-state index in [-0.39, 0.29) is 18.0 Å². The molecule has 0 aromatic heterocycles. The van der Waals surface area contributed by atoms with E-state index in [4.69, 9.17) is 14.9 Å². The molecule has 0 aliphatic carbocycles. The van der Waals surface area contributed by atoms with Gasteiger partial charge in [-0.05, 0) is 74.7 Å². The molecule has 1 aliphatic heterocycles. The average molecular weight is 468 g/mol. The fourth-order valence-electron chi connectivity index (χ4n) is 4.74. The van der Waals surface area contributed by atoms with Crippen molar-refractivity contribution in [3.63, 3.8) is 0 Å². The van der Waals surface area contributed by atoms with Crippen LogP contribution in [0.25, 0.3) is 0 Å². The molecule has 0 amide bonds. The second-order valence-electron chi connectivity index (χ2n) is 8.97. The number of methoxy groups -OCH3 is 1. The smallest absolute Gasteiger partial charge is 0.215 e. The maximum atomic E-state index is 8.09. The first-order valence-electron chi connectivity index (χ1n) is 11.9. The fourth-order valence-corrected chi connectivity index (χ4v) is 4.74. The van der Waals surface area contributed by atoms with Crippen molar-refractivity contribution < 1.29 is 9.47 Å². The van der Waals surface area contributed by atoms with Crippen LogP contribution in [0, 0.1) is 12.3 Å². The molecule has 0 saturated carbocycles. The van der Waals surface area contributed by atoms with Crippen LogP contribution in [0.3, 0.4) is 0 Å².